The Labute approximate surface area is 159 Å². The lowest BCUT2D eigenvalue weighted by molar-refractivity contribution is 0.100. The van der Waals surface area contributed by atoms with Gasteiger partial charge in [-0.1, -0.05) is 18.2 Å². The zero-order valence-corrected chi connectivity index (χ0v) is 15.4. The van der Waals surface area contributed by atoms with Crippen LogP contribution in [0.5, 0.6) is 0 Å². The van der Waals surface area contributed by atoms with Crippen LogP contribution in [0.4, 0.5) is 5.69 Å². The number of anilines is 1. The van der Waals surface area contributed by atoms with Gasteiger partial charge in [0.25, 0.3) is 0 Å². The number of benzene rings is 2. The number of carbonyl (C=O) groups is 1. The molecule has 0 spiro atoms. The van der Waals surface area contributed by atoms with Crippen LogP contribution in [0.15, 0.2) is 54.9 Å². The zero-order chi connectivity index (χ0) is 18.6. The standard InChI is InChI=1S/C21H25N5O/c22-21(27)17-7-8-19-20(15-17)26(16-23-19)10-4-9-24-11-13-25(14-12-24)18-5-2-1-3-6-18/h1-3,5-8,15-16H,4,9-14H2,(H2,22,27). The number of fused-ring (bicyclic) bond motifs is 1. The molecule has 0 atom stereocenters. The van der Waals surface area contributed by atoms with E-state index in [-0.39, 0.29) is 0 Å². The maximum absolute atomic E-state index is 11.4. The van der Waals surface area contributed by atoms with Crippen LogP contribution in [-0.2, 0) is 6.54 Å². The highest BCUT2D eigenvalue weighted by atomic mass is 16.1. The number of aromatic nitrogens is 2. The van der Waals surface area contributed by atoms with Crippen LogP contribution in [0.1, 0.15) is 16.8 Å². The third kappa shape index (κ3) is 3.95. The summed E-state index contributed by atoms with van der Waals surface area (Å²) >= 11 is 0. The number of primary amides is 1. The summed E-state index contributed by atoms with van der Waals surface area (Å²) in [6, 6.07) is 16.0. The number of aryl methyl sites for hydroxylation is 1. The Kier molecular flexibility index (Phi) is 5.07. The van der Waals surface area contributed by atoms with Crippen LogP contribution < -0.4 is 10.6 Å². The molecule has 1 aromatic heterocycles. The maximum atomic E-state index is 11.4. The second-order valence-electron chi connectivity index (χ2n) is 7.02. The Balaban J connectivity index is 1.30. The molecule has 140 valence electrons. The lowest BCUT2D eigenvalue weighted by atomic mass is 10.2. The second-order valence-corrected chi connectivity index (χ2v) is 7.02. The Hall–Kier alpha value is -2.86. The number of hydrogen-bond donors (Lipinski definition) is 1. The van der Waals surface area contributed by atoms with Crippen LogP contribution >= 0.6 is 0 Å². The van der Waals surface area contributed by atoms with Crippen molar-refractivity contribution in [1.29, 1.82) is 0 Å². The second kappa shape index (κ2) is 7.80. The monoisotopic (exact) mass is 363 g/mol. The van der Waals surface area contributed by atoms with Crippen LogP contribution in [0.2, 0.25) is 0 Å². The van der Waals surface area contributed by atoms with Gasteiger partial charge in [0.05, 0.1) is 17.4 Å². The molecule has 2 aromatic carbocycles. The first-order valence-electron chi connectivity index (χ1n) is 9.48. The van der Waals surface area contributed by atoms with Gasteiger partial charge in [0, 0.05) is 44.0 Å². The highest BCUT2D eigenvalue weighted by Crippen LogP contribution is 2.17. The highest BCUT2D eigenvalue weighted by molar-refractivity contribution is 5.96. The molecule has 2 N–H and O–H groups in total. The third-order valence-electron chi connectivity index (χ3n) is 5.27. The van der Waals surface area contributed by atoms with E-state index >= 15 is 0 Å². The Morgan fingerprint density at radius 1 is 1.00 bits per heavy atom. The van der Waals surface area contributed by atoms with Crippen molar-refractivity contribution < 1.29 is 4.79 Å². The lowest BCUT2D eigenvalue weighted by Crippen LogP contribution is -2.46. The largest absolute Gasteiger partial charge is 0.369 e. The van der Waals surface area contributed by atoms with Crippen LogP contribution in [0.25, 0.3) is 11.0 Å². The van der Waals surface area contributed by atoms with Crippen LogP contribution in [0, 0.1) is 0 Å². The molecule has 0 saturated carbocycles. The Bertz CT molecular complexity index is 913. The molecule has 1 aliphatic rings. The number of imidazole rings is 1. The number of para-hydroxylation sites is 1. The predicted octanol–water partition coefficient (Wildman–Crippen LogP) is 2.35. The average Bonchev–Trinajstić information content (AvgIpc) is 3.11. The zero-order valence-electron chi connectivity index (χ0n) is 15.4. The Morgan fingerprint density at radius 2 is 1.78 bits per heavy atom. The van der Waals surface area contributed by atoms with Crippen molar-refractivity contribution in [2.24, 2.45) is 5.73 Å². The van der Waals surface area contributed by atoms with E-state index in [0.717, 1.165) is 56.7 Å². The van der Waals surface area contributed by atoms with Crippen molar-refractivity contribution in [3.8, 4) is 0 Å². The molecular formula is C21H25N5O. The lowest BCUT2D eigenvalue weighted by Gasteiger charge is -2.36. The SMILES string of the molecule is NC(=O)c1ccc2ncn(CCCN3CCN(c4ccccc4)CC3)c2c1. The first kappa shape index (κ1) is 17.5. The Morgan fingerprint density at radius 3 is 2.52 bits per heavy atom. The number of amides is 1. The third-order valence-corrected chi connectivity index (χ3v) is 5.27. The van der Waals surface area contributed by atoms with Gasteiger partial charge in [-0.05, 0) is 43.3 Å². The molecule has 4 rings (SSSR count). The molecule has 27 heavy (non-hydrogen) atoms. The molecule has 0 radical (unpaired) electrons. The fourth-order valence-electron chi connectivity index (χ4n) is 3.72. The van der Waals surface area contributed by atoms with Gasteiger partial charge in [0.15, 0.2) is 0 Å². The van der Waals surface area contributed by atoms with E-state index in [1.54, 1.807) is 6.07 Å². The average molecular weight is 363 g/mol. The van der Waals surface area contributed by atoms with Crippen molar-refractivity contribution in [3.63, 3.8) is 0 Å². The molecular weight excluding hydrogens is 338 g/mol. The normalized spacial score (nSPS) is 15.3. The number of rotatable bonds is 6. The van der Waals surface area contributed by atoms with E-state index in [1.807, 2.05) is 18.5 Å². The molecule has 6 heteroatoms. The first-order valence-corrected chi connectivity index (χ1v) is 9.48. The van der Waals surface area contributed by atoms with E-state index < -0.39 is 5.91 Å². The summed E-state index contributed by atoms with van der Waals surface area (Å²) in [5, 5.41) is 0. The number of piperazine rings is 1. The quantitative estimate of drug-likeness (QED) is 0.730. The molecule has 1 saturated heterocycles. The van der Waals surface area contributed by atoms with Crippen molar-refractivity contribution in [2.45, 2.75) is 13.0 Å². The van der Waals surface area contributed by atoms with Crippen molar-refractivity contribution in [2.75, 3.05) is 37.6 Å². The number of hydrogen-bond acceptors (Lipinski definition) is 4. The van der Waals surface area contributed by atoms with Crippen molar-refractivity contribution >= 4 is 22.6 Å². The van der Waals surface area contributed by atoms with Gasteiger partial charge in [0.2, 0.25) is 5.91 Å². The smallest absolute Gasteiger partial charge is 0.248 e. The number of carbonyl (C=O) groups excluding carboxylic acids is 1. The minimum Gasteiger partial charge on any atom is -0.369 e. The van der Waals surface area contributed by atoms with Gasteiger partial charge in [-0.3, -0.25) is 9.69 Å². The van der Waals surface area contributed by atoms with E-state index in [1.165, 1.54) is 5.69 Å². The molecule has 2 heterocycles. The highest BCUT2D eigenvalue weighted by Gasteiger charge is 2.16. The van der Waals surface area contributed by atoms with E-state index in [9.17, 15) is 4.79 Å². The minimum absolute atomic E-state index is 0.402. The first-order chi connectivity index (χ1) is 13.2. The molecule has 0 bridgehead atoms. The molecule has 1 aliphatic heterocycles. The van der Waals surface area contributed by atoms with E-state index in [2.05, 4.69) is 49.7 Å². The summed E-state index contributed by atoms with van der Waals surface area (Å²) in [5.41, 5.74) is 9.11. The topological polar surface area (TPSA) is 67.4 Å². The van der Waals surface area contributed by atoms with Crippen molar-refractivity contribution in [1.82, 2.24) is 14.5 Å². The summed E-state index contributed by atoms with van der Waals surface area (Å²) in [6.45, 7) is 6.27. The molecule has 0 unspecified atom stereocenters. The molecule has 3 aromatic rings. The number of nitrogens with two attached hydrogens (primary N) is 1. The van der Waals surface area contributed by atoms with Gasteiger partial charge in [-0.2, -0.15) is 0 Å². The number of nitrogens with zero attached hydrogens (tertiary/aromatic N) is 4. The summed E-state index contributed by atoms with van der Waals surface area (Å²) in [4.78, 5) is 20.8. The van der Waals surface area contributed by atoms with Gasteiger partial charge >= 0.3 is 0 Å². The fraction of sp³-hybridized carbons (Fsp3) is 0.333. The molecule has 0 aliphatic carbocycles. The summed E-state index contributed by atoms with van der Waals surface area (Å²) in [5.74, 6) is -0.402. The maximum Gasteiger partial charge on any atom is 0.248 e. The van der Waals surface area contributed by atoms with Gasteiger partial charge in [-0.25, -0.2) is 4.98 Å². The summed E-state index contributed by atoms with van der Waals surface area (Å²) in [6.07, 6.45) is 2.90. The summed E-state index contributed by atoms with van der Waals surface area (Å²) in [7, 11) is 0. The fourth-order valence-corrected chi connectivity index (χ4v) is 3.72. The molecule has 6 nitrogen and oxygen atoms in total. The molecule has 1 amide bonds. The van der Waals surface area contributed by atoms with Crippen LogP contribution in [0.3, 0.4) is 0 Å². The predicted molar refractivity (Wildman–Crippen MR) is 108 cm³/mol. The van der Waals surface area contributed by atoms with Crippen molar-refractivity contribution in [3.05, 3.63) is 60.4 Å². The van der Waals surface area contributed by atoms with Crippen LogP contribution in [-0.4, -0.2) is 53.1 Å². The minimum atomic E-state index is -0.402. The van der Waals surface area contributed by atoms with E-state index in [0.29, 0.717) is 5.56 Å². The van der Waals surface area contributed by atoms with Gasteiger partial charge in [-0.15, -0.1) is 0 Å². The van der Waals surface area contributed by atoms with Gasteiger partial charge < -0.3 is 15.2 Å². The summed E-state index contributed by atoms with van der Waals surface area (Å²) < 4.78 is 2.11. The molecule has 1 fully saturated rings. The van der Waals surface area contributed by atoms with Gasteiger partial charge in [0.1, 0.15) is 0 Å². The van der Waals surface area contributed by atoms with E-state index in [4.69, 9.17) is 5.73 Å².